The molecule has 0 spiro atoms. The van der Waals surface area contributed by atoms with Crippen molar-refractivity contribution >= 4 is 23.4 Å². The molecule has 0 aliphatic carbocycles. The van der Waals surface area contributed by atoms with Gasteiger partial charge in [0.15, 0.2) is 5.82 Å². The summed E-state index contributed by atoms with van der Waals surface area (Å²) in [5.74, 6) is 1.02. The number of aliphatic hydroxyl groups excluding tert-OH is 2. The third-order valence-corrected chi connectivity index (χ3v) is 5.25. The molecule has 2 N–H and O–H groups in total. The standard InChI is InChI=1S/C15H17N3O3S/c19-7-11-10(20)6-13(21-11)18-8-17-14-9(3-4-16-15(14)18)12-2-1-5-22-12/h1-2,4-5,8-11,13,19-20H,3,6-7H2/t9?,10?,11-,13-/m1/s1. The van der Waals surface area contributed by atoms with Crippen molar-refractivity contribution < 1.29 is 14.9 Å². The second-order valence-electron chi connectivity index (χ2n) is 5.59. The first kappa shape index (κ1) is 14.1. The van der Waals surface area contributed by atoms with Crippen LogP contribution in [-0.2, 0) is 4.74 Å². The minimum absolute atomic E-state index is 0.185. The number of imidazole rings is 1. The monoisotopic (exact) mass is 319 g/mol. The summed E-state index contributed by atoms with van der Waals surface area (Å²) < 4.78 is 7.58. The number of aliphatic hydroxyl groups is 2. The van der Waals surface area contributed by atoms with Crippen LogP contribution >= 0.6 is 11.3 Å². The highest BCUT2D eigenvalue weighted by Crippen LogP contribution is 2.41. The number of rotatable bonds is 3. The Bertz CT molecular complexity index is 682. The second-order valence-corrected chi connectivity index (χ2v) is 6.57. The Balaban J connectivity index is 1.66. The van der Waals surface area contributed by atoms with Gasteiger partial charge in [0.05, 0.1) is 24.7 Å². The smallest absolute Gasteiger partial charge is 0.157 e. The van der Waals surface area contributed by atoms with Gasteiger partial charge in [0, 0.05) is 23.4 Å². The summed E-state index contributed by atoms with van der Waals surface area (Å²) in [6, 6.07) is 4.17. The summed E-state index contributed by atoms with van der Waals surface area (Å²) in [4.78, 5) is 10.3. The van der Waals surface area contributed by atoms with Gasteiger partial charge in [0.25, 0.3) is 0 Å². The van der Waals surface area contributed by atoms with Crippen LogP contribution in [-0.4, -0.2) is 44.8 Å². The van der Waals surface area contributed by atoms with Gasteiger partial charge in [-0.25, -0.2) is 9.98 Å². The molecule has 0 bridgehead atoms. The molecule has 0 saturated carbocycles. The van der Waals surface area contributed by atoms with E-state index in [9.17, 15) is 10.2 Å². The molecule has 22 heavy (non-hydrogen) atoms. The second kappa shape index (κ2) is 5.58. The molecule has 1 saturated heterocycles. The minimum atomic E-state index is -0.659. The Labute approximate surface area is 131 Å². The molecule has 4 rings (SSSR count). The van der Waals surface area contributed by atoms with Crippen LogP contribution in [0.5, 0.6) is 0 Å². The summed E-state index contributed by atoms with van der Waals surface area (Å²) in [5, 5.41) is 21.2. The lowest BCUT2D eigenvalue weighted by atomic mass is 9.98. The van der Waals surface area contributed by atoms with Gasteiger partial charge >= 0.3 is 0 Å². The van der Waals surface area contributed by atoms with Crippen LogP contribution in [0, 0.1) is 0 Å². The van der Waals surface area contributed by atoms with Crippen molar-refractivity contribution in [2.24, 2.45) is 4.99 Å². The van der Waals surface area contributed by atoms with E-state index in [0.29, 0.717) is 6.42 Å². The zero-order valence-electron chi connectivity index (χ0n) is 11.9. The van der Waals surface area contributed by atoms with Gasteiger partial charge in [0.1, 0.15) is 12.3 Å². The highest BCUT2D eigenvalue weighted by molar-refractivity contribution is 7.10. The first-order chi connectivity index (χ1) is 10.8. The van der Waals surface area contributed by atoms with Crippen molar-refractivity contribution in [2.45, 2.75) is 37.2 Å². The molecule has 0 radical (unpaired) electrons. The van der Waals surface area contributed by atoms with Crippen molar-refractivity contribution in [1.82, 2.24) is 9.55 Å². The SMILES string of the molecule is OC[C@H]1O[C@@H](n2cnc3c2N=CCC3c2cccs2)CC1O. The van der Waals surface area contributed by atoms with E-state index < -0.39 is 12.2 Å². The van der Waals surface area contributed by atoms with E-state index in [0.717, 1.165) is 17.9 Å². The van der Waals surface area contributed by atoms with E-state index >= 15 is 0 Å². The lowest BCUT2D eigenvalue weighted by molar-refractivity contribution is -0.0438. The number of thiophene rings is 1. The molecule has 7 heteroatoms. The number of hydrogen-bond donors (Lipinski definition) is 2. The largest absolute Gasteiger partial charge is 0.394 e. The fraction of sp³-hybridized carbons (Fsp3) is 0.467. The third kappa shape index (κ3) is 2.21. The topological polar surface area (TPSA) is 79.9 Å². The van der Waals surface area contributed by atoms with E-state index in [-0.39, 0.29) is 18.8 Å². The van der Waals surface area contributed by atoms with E-state index in [1.165, 1.54) is 4.88 Å². The molecule has 0 amide bonds. The molecule has 2 aliphatic rings. The predicted molar refractivity (Wildman–Crippen MR) is 82.8 cm³/mol. The number of aliphatic imine (C=N–C) groups is 1. The summed E-state index contributed by atoms with van der Waals surface area (Å²) in [6.45, 7) is -0.185. The van der Waals surface area contributed by atoms with Crippen LogP contribution < -0.4 is 0 Å². The lowest BCUT2D eigenvalue weighted by Crippen LogP contribution is -2.24. The Kier molecular flexibility index (Phi) is 3.57. The van der Waals surface area contributed by atoms with Crippen LogP contribution in [0.1, 0.15) is 35.6 Å². The zero-order chi connectivity index (χ0) is 15.1. The zero-order valence-corrected chi connectivity index (χ0v) is 12.7. The summed E-state index contributed by atoms with van der Waals surface area (Å²) in [7, 11) is 0. The Hall–Kier alpha value is -1.54. The first-order valence-corrected chi connectivity index (χ1v) is 8.23. The number of fused-ring (bicyclic) bond motifs is 1. The van der Waals surface area contributed by atoms with E-state index in [1.54, 1.807) is 17.7 Å². The Morgan fingerprint density at radius 2 is 2.36 bits per heavy atom. The van der Waals surface area contributed by atoms with E-state index in [1.807, 2.05) is 16.8 Å². The molecule has 4 heterocycles. The number of nitrogens with zero attached hydrogens (tertiary/aromatic N) is 3. The maximum atomic E-state index is 9.91. The predicted octanol–water partition coefficient (Wildman–Crippen LogP) is 1.82. The first-order valence-electron chi connectivity index (χ1n) is 7.35. The van der Waals surface area contributed by atoms with Gasteiger partial charge in [0.2, 0.25) is 0 Å². The fourth-order valence-electron chi connectivity index (χ4n) is 3.11. The maximum Gasteiger partial charge on any atom is 0.157 e. The summed E-state index contributed by atoms with van der Waals surface area (Å²) in [6.07, 6.45) is 3.40. The summed E-state index contributed by atoms with van der Waals surface area (Å²) >= 11 is 1.72. The third-order valence-electron chi connectivity index (χ3n) is 4.26. The lowest BCUT2D eigenvalue weighted by Gasteiger charge is -2.19. The molecule has 2 aromatic rings. The van der Waals surface area contributed by atoms with Crippen LogP contribution in [0.2, 0.25) is 0 Å². The highest BCUT2D eigenvalue weighted by Gasteiger charge is 2.37. The van der Waals surface area contributed by atoms with Gasteiger partial charge < -0.3 is 14.9 Å². The molecule has 6 nitrogen and oxygen atoms in total. The molecule has 4 atom stereocenters. The van der Waals surface area contributed by atoms with Gasteiger partial charge in [-0.15, -0.1) is 11.3 Å². The van der Waals surface area contributed by atoms with Crippen LogP contribution in [0.3, 0.4) is 0 Å². The maximum absolute atomic E-state index is 9.91. The molecular formula is C15H17N3O3S. The van der Waals surface area contributed by atoms with Crippen LogP contribution in [0.4, 0.5) is 5.82 Å². The van der Waals surface area contributed by atoms with E-state index in [2.05, 4.69) is 21.4 Å². The van der Waals surface area contributed by atoms with Gasteiger partial charge in [-0.2, -0.15) is 0 Å². The van der Waals surface area contributed by atoms with Gasteiger partial charge in [-0.05, 0) is 17.9 Å². The highest BCUT2D eigenvalue weighted by atomic mass is 32.1. The van der Waals surface area contributed by atoms with Crippen molar-refractivity contribution in [3.63, 3.8) is 0 Å². The average molecular weight is 319 g/mol. The molecule has 2 aromatic heterocycles. The van der Waals surface area contributed by atoms with Crippen molar-refractivity contribution in [3.05, 3.63) is 34.4 Å². The molecule has 0 aromatic carbocycles. The van der Waals surface area contributed by atoms with Gasteiger partial charge in [-0.1, -0.05) is 6.07 Å². The normalized spacial score (nSPS) is 30.6. The number of hydrogen-bond acceptors (Lipinski definition) is 6. The average Bonchev–Trinajstić information content (AvgIpc) is 3.25. The van der Waals surface area contributed by atoms with Crippen molar-refractivity contribution in [3.8, 4) is 0 Å². The Morgan fingerprint density at radius 1 is 1.45 bits per heavy atom. The van der Waals surface area contributed by atoms with Crippen LogP contribution in [0.15, 0.2) is 28.8 Å². The molecule has 116 valence electrons. The molecule has 2 unspecified atom stereocenters. The minimum Gasteiger partial charge on any atom is -0.394 e. The number of aromatic nitrogens is 2. The van der Waals surface area contributed by atoms with Crippen molar-refractivity contribution in [1.29, 1.82) is 0 Å². The van der Waals surface area contributed by atoms with Crippen molar-refractivity contribution in [2.75, 3.05) is 6.61 Å². The summed E-state index contributed by atoms with van der Waals surface area (Å²) in [5.41, 5.74) is 0.954. The van der Waals surface area contributed by atoms with Crippen LogP contribution in [0.25, 0.3) is 0 Å². The molecular weight excluding hydrogens is 302 g/mol. The fourth-order valence-corrected chi connectivity index (χ4v) is 3.95. The van der Waals surface area contributed by atoms with Gasteiger partial charge in [-0.3, -0.25) is 4.57 Å². The quantitative estimate of drug-likeness (QED) is 0.904. The molecule has 2 aliphatic heterocycles. The number of ether oxygens (including phenoxy) is 1. The van der Waals surface area contributed by atoms with E-state index in [4.69, 9.17) is 4.74 Å². The Morgan fingerprint density at radius 3 is 3.09 bits per heavy atom. The molecule has 1 fully saturated rings.